The molecular formula is C10H9Cl2N3O. The highest BCUT2D eigenvalue weighted by Crippen LogP contribution is 2.23. The van der Waals surface area contributed by atoms with Gasteiger partial charge >= 0.3 is 0 Å². The molecule has 0 radical (unpaired) electrons. The first-order valence-corrected chi connectivity index (χ1v) is 5.44. The Hall–Kier alpha value is -1.10. The van der Waals surface area contributed by atoms with Gasteiger partial charge in [-0.1, -0.05) is 28.4 Å². The summed E-state index contributed by atoms with van der Waals surface area (Å²) in [4.78, 5) is 0. The van der Waals surface area contributed by atoms with Crippen LogP contribution in [0.25, 0.3) is 5.69 Å². The molecule has 0 aliphatic rings. The number of halogens is 2. The lowest BCUT2D eigenvalue weighted by molar-refractivity contribution is 0.298. The second-order valence-corrected chi connectivity index (χ2v) is 4.07. The van der Waals surface area contributed by atoms with Crippen LogP contribution in [0, 0.1) is 0 Å². The van der Waals surface area contributed by atoms with Gasteiger partial charge in [-0.2, -0.15) is 0 Å². The van der Waals surface area contributed by atoms with E-state index in [0.717, 1.165) is 0 Å². The quantitative estimate of drug-likeness (QED) is 0.917. The smallest absolute Gasteiger partial charge is 0.0864 e. The minimum atomic E-state index is 0.0436. The highest BCUT2D eigenvalue weighted by Gasteiger charge is 2.06. The molecule has 0 spiro atoms. The fourth-order valence-electron chi connectivity index (χ4n) is 1.31. The average molecular weight is 258 g/mol. The van der Waals surface area contributed by atoms with Crippen molar-refractivity contribution in [3.8, 4) is 5.69 Å². The normalized spacial score (nSPS) is 10.7. The Morgan fingerprint density at radius 1 is 1.31 bits per heavy atom. The van der Waals surface area contributed by atoms with Gasteiger partial charge in [0.1, 0.15) is 0 Å². The first kappa shape index (κ1) is 11.4. The van der Waals surface area contributed by atoms with E-state index in [1.165, 1.54) is 0 Å². The van der Waals surface area contributed by atoms with E-state index in [-0.39, 0.29) is 6.61 Å². The predicted molar refractivity (Wildman–Crippen MR) is 62.2 cm³/mol. The summed E-state index contributed by atoms with van der Waals surface area (Å²) >= 11 is 11.9. The highest BCUT2D eigenvalue weighted by atomic mass is 35.5. The topological polar surface area (TPSA) is 50.9 Å². The maximum atomic E-state index is 8.77. The molecule has 0 atom stereocenters. The second kappa shape index (κ2) is 4.82. The summed E-state index contributed by atoms with van der Waals surface area (Å²) in [5.41, 5.74) is 1.38. The van der Waals surface area contributed by atoms with Gasteiger partial charge in [-0.25, -0.2) is 4.68 Å². The Labute approximate surface area is 102 Å². The summed E-state index contributed by atoms with van der Waals surface area (Å²) in [6.45, 7) is 0.0436. The van der Waals surface area contributed by atoms with Crippen LogP contribution in [0.2, 0.25) is 10.0 Å². The van der Waals surface area contributed by atoms with Crippen molar-refractivity contribution in [3.05, 3.63) is 40.1 Å². The Balaban J connectivity index is 2.38. The average Bonchev–Trinajstić information content (AvgIpc) is 2.71. The van der Waals surface area contributed by atoms with Gasteiger partial charge in [0.2, 0.25) is 0 Å². The molecular weight excluding hydrogens is 249 g/mol. The van der Waals surface area contributed by atoms with Crippen molar-refractivity contribution in [1.82, 2.24) is 15.0 Å². The van der Waals surface area contributed by atoms with Crippen LogP contribution < -0.4 is 0 Å². The number of rotatable bonds is 3. The third-order valence-corrected chi connectivity index (χ3v) is 2.62. The molecule has 2 aromatic rings. The molecule has 0 bridgehead atoms. The molecule has 84 valence electrons. The van der Waals surface area contributed by atoms with Gasteiger partial charge in [0.25, 0.3) is 0 Å². The first-order chi connectivity index (χ1) is 7.70. The third kappa shape index (κ3) is 2.35. The summed E-state index contributed by atoms with van der Waals surface area (Å²) in [6, 6.07) is 5.12. The summed E-state index contributed by atoms with van der Waals surface area (Å²) < 4.78 is 1.54. The van der Waals surface area contributed by atoms with Gasteiger partial charge in [-0.3, -0.25) is 0 Å². The van der Waals surface area contributed by atoms with Crippen LogP contribution in [-0.2, 0) is 6.42 Å². The molecule has 4 nitrogen and oxygen atoms in total. The molecule has 0 unspecified atom stereocenters. The number of hydrogen-bond acceptors (Lipinski definition) is 3. The molecule has 1 aromatic carbocycles. The summed E-state index contributed by atoms with van der Waals surface area (Å²) in [7, 11) is 0. The molecule has 6 heteroatoms. The van der Waals surface area contributed by atoms with Gasteiger partial charge in [0, 0.05) is 18.1 Å². The Bertz CT molecular complexity index is 499. The molecule has 0 aliphatic carbocycles. The van der Waals surface area contributed by atoms with E-state index in [4.69, 9.17) is 28.3 Å². The lowest BCUT2D eigenvalue weighted by Gasteiger charge is -2.02. The number of aromatic nitrogens is 3. The largest absolute Gasteiger partial charge is 0.396 e. The van der Waals surface area contributed by atoms with Crippen LogP contribution in [0.4, 0.5) is 0 Å². The Morgan fingerprint density at radius 2 is 2.12 bits per heavy atom. The molecule has 16 heavy (non-hydrogen) atoms. The predicted octanol–water partition coefficient (Wildman–Crippen LogP) is 2.11. The van der Waals surface area contributed by atoms with E-state index in [1.54, 1.807) is 29.1 Å². The molecule has 1 aromatic heterocycles. The zero-order chi connectivity index (χ0) is 11.5. The van der Waals surface area contributed by atoms with Crippen LogP contribution in [0.15, 0.2) is 24.4 Å². The van der Waals surface area contributed by atoms with Crippen LogP contribution in [-0.4, -0.2) is 26.7 Å². The van der Waals surface area contributed by atoms with Crippen LogP contribution in [0.1, 0.15) is 5.69 Å². The molecule has 0 fully saturated rings. The van der Waals surface area contributed by atoms with Crippen molar-refractivity contribution in [3.63, 3.8) is 0 Å². The van der Waals surface area contributed by atoms with E-state index in [0.29, 0.717) is 27.8 Å². The second-order valence-electron chi connectivity index (χ2n) is 3.22. The van der Waals surface area contributed by atoms with Crippen LogP contribution in [0.5, 0.6) is 0 Å². The van der Waals surface area contributed by atoms with Gasteiger partial charge in [-0.15, -0.1) is 5.10 Å². The van der Waals surface area contributed by atoms with Crippen molar-refractivity contribution in [2.45, 2.75) is 6.42 Å². The molecule has 0 amide bonds. The van der Waals surface area contributed by atoms with Crippen molar-refractivity contribution in [1.29, 1.82) is 0 Å². The summed E-state index contributed by atoms with van der Waals surface area (Å²) in [5, 5.41) is 17.7. The first-order valence-electron chi connectivity index (χ1n) is 4.68. The van der Waals surface area contributed by atoms with Gasteiger partial charge in [0.15, 0.2) is 0 Å². The highest BCUT2D eigenvalue weighted by molar-refractivity contribution is 6.34. The van der Waals surface area contributed by atoms with E-state index in [9.17, 15) is 0 Å². The van der Waals surface area contributed by atoms with E-state index >= 15 is 0 Å². The fraction of sp³-hybridized carbons (Fsp3) is 0.200. The lowest BCUT2D eigenvalue weighted by atomic mass is 10.3. The van der Waals surface area contributed by atoms with Crippen molar-refractivity contribution >= 4 is 23.2 Å². The number of hydrogen-bond donors (Lipinski definition) is 1. The molecule has 0 saturated carbocycles. The van der Waals surface area contributed by atoms with Gasteiger partial charge in [0.05, 0.1) is 22.6 Å². The molecule has 2 rings (SSSR count). The molecule has 1 N–H and O–H groups in total. The van der Waals surface area contributed by atoms with E-state index in [1.807, 2.05) is 0 Å². The zero-order valence-corrected chi connectivity index (χ0v) is 9.78. The molecule has 0 saturated heterocycles. The SMILES string of the molecule is OCCc1cn(-c2cc(Cl)ccc2Cl)nn1. The third-order valence-electron chi connectivity index (χ3n) is 2.06. The number of aliphatic hydroxyl groups excluding tert-OH is 1. The maximum Gasteiger partial charge on any atom is 0.0864 e. The van der Waals surface area contributed by atoms with Crippen LogP contribution in [0.3, 0.4) is 0 Å². The Morgan fingerprint density at radius 3 is 2.88 bits per heavy atom. The minimum absolute atomic E-state index is 0.0436. The maximum absolute atomic E-state index is 8.77. The van der Waals surface area contributed by atoms with Gasteiger partial charge < -0.3 is 5.11 Å². The number of aliphatic hydroxyl groups is 1. The summed E-state index contributed by atoms with van der Waals surface area (Å²) in [5.74, 6) is 0. The van der Waals surface area contributed by atoms with E-state index in [2.05, 4.69) is 10.3 Å². The number of benzene rings is 1. The minimum Gasteiger partial charge on any atom is -0.396 e. The van der Waals surface area contributed by atoms with Crippen molar-refractivity contribution in [2.24, 2.45) is 0 Å². The lowest BCUT2D eigenvalue weighted by Crippen LogP contribution is -1.95. The van der Waals surface area contributed by atoms with Crippen LogP contribution >= 0.6 is 23.2 Å². The monoisotopic (exact) mass is 257 g/mol. The Kier molecular flexibility index (Phi) is 3.43. The molecule has 0 aliphatic heterocycles. The van der Waals surface area contributed by atoms with Gasteiger partial charge in [-0.05, 0) is 18.2 Å². The van der Waals surface area contributed by atoms with Crippen molar-refractivity contribution < 1.29 is 5.11 Å². The summed E-state index contributed by atoms with van der Waals surface area (Å²) in [6.07, 6.45) is 2.19. The number of nitrogens with zero attached hydrogens (tertiary/aromatic N) is 3. The molecule has 1 heterocycles. The van der Waals surface area contributed by atoms with E-state index < -0.39 is 0 Å². The van der Waals surface area contributed by atoms with Crippen molar-refractivity contribution in [2.75, 3.05) is 6.61 Å². The zero-order valence-electron chi connectivity index (χ0n) is 8.27. The standard InChI is InChI=1S/C10H9Cl2N3O/c11-7-1-2-9(12)10(5-7)15-6-8(3-4-16)13-14-15/h1-2,5-6,16H,3-4H2. The fourth-order valence-corrected chi connectivity index (χ4v) is 1.68.